The Morgan fingerprint density at radius 3 is 2.37 bits per heavy atom. The van der Waals surface area contributed by atoms with Crippen molar-refractivity contribution in [2.24, 2.45) is 12.5 Å². The van der Waals surface area contributed by atoms with E-state index in [1.54, 1.807) is 18.2 Å². The lowest BCUT2D eigenvalue weighted by atomic mass is 9.59. The molecule has 1 N–H and O–H groups in total. The van der Waals surface area contributed by atoms with Crippen LogP contribution in [-0.4, -0.2) is 105 Å². The highest BCUT2D eigenvalue weighted by atomic mass is 16.5. The first-order chi connectivity index (χ1) is 28.6. The summed E-state index contributed by atoms with van der Waals surface area (Å²) in [4.78, 5) is 60.4. The molecular formula is C47H50N6O6. The molecule has 12 nitrogen and oxygen atoms in total. The lowest BCUT2D eigenvalue weighted by molar-refractivity contribution is -0.136. The van der Waals surface area contributed by atoms with E-state index in [9.17, 15) is 19.2 Å². The van der Waals surface area contributed by atoms with Crippen molar-refractivity contribution in [2.75, 3.05) is 33.3 Å². The van der Waals surface area contributed by atoms with Crippen molar-refractivity contribution in [1.29, 1.82) is 0 Å². The van der Waals surface area contributed by atoms with Gasteiger partial charge in [-0.05, 0) is 111 Å². The molecule has 3 aliphatic heterocycles. The standard InChI is InChI=1S/C47H50N6O6/c1-50(31-21-35(22-31)59-33-9-6-29(7-10-33)30-8-12-36-39-26-48-17-16-40(39)51(2)42(36)20-30)32-24-47(25-32)27-52(28-47)18-4-3-5-19-58-34-11-13-37-38(23-34)46(57)53(45(37)56)41-14-15-43(54)49-44(41)55/h6-13,16-17,20,23,26,31-32,35,41H,3-5,14-15,18-19,21-22,24-25,27-28H2,1-2H3,(H,49,54,55). The van der Waals surface area contributed by atoms with Gasteiger partial charge in [0.2, 0.25) is 11.8 Å². The number of carbonyl (C=O) groups is 4. The number of imide groups is 2. The molecule has 59 heavy (non-hydrogen) atoms. The lowest BCUT2D eigenvalue weighted by Gasteiger charge is -2.62. The highest BCUT2D eigenvalue weighted by Gasteiger charge is 2.54. The number of hydrogen-bond donors (Lipinski definition) is 1. The van der Waals surface area contributed by atoms with Crippen LogP contribution >= 0.6 is 0 Å². The van der Waals surface area contributed by atoms with E-state index in [1.807, 2.05) is 12.4 Å². The van der Waals surface area contributed by atoms with Gasteiger partial charge in [0.1, 0.15) is 23.6 Å². The number of nitrogens with zero attached hydrogens (tertiary/aromatic N) is 5. The molecule has 2 saturated carbocycles. The largest absolute Gasteiger partial charge is 0.494 e. The number of ether oxygens (including phenoxy) is 2. The summed E-state index contributed by atoms with van der Waals surface area (Å²) in [6.07, 6.45) is 12.1. The molecule has 4 fully saturated rings. The Hall–Kier alpha value is -5.59. The molecule has 5 aliphatic rings. The fourth-order valence-corrected chi connectivity index (χ4v) is 10.3. The first-order valence-corrected chi connectivity index (χ1v) is 21.1. The van der Waals surface area contributed by atoms with Gasteiger partial charge in [0.15, 0.2) is 0 Å². The molecule has 304 valence electrons. The summed E-state index contributed by atoms with van der Waals surface area (Å²) in [6.45, 7) is 4.03. The Labute approximate surface area is 343 Å². The number of benzene rings is 3. The van der Waals surface area contributed by atoms with Gasteiger partial charge in [0.05, 0.1) is 23.3 Å². The van der Waals surface area contributed by atoms with Crippen LogP contribution in [0.1, 0.15) is 78.5 Å². The van der Waals surface area contributed by atoms with Crippen LogP contribution in [0.25, 0.3) is 32.9 Å². The first-order valence-electron chi connectivity index (χ1n) is 21.1. The maximum Gasteiger partial charge on any atom is 0.262 e. The predicted molar refractivity (Wildman–Crippen MR) is 223 cm³/mol. The molecule has 2 aliphatic carbocycles. The Bertz CT molecular complexity index is 2480. The molecular weight excluding hydrogens is 745 g/mol. The summed E-state index contributed by atoms with van der Waals surface area (Å²) in [7, 11) is 4.43. The highest BCUT2D eigenvalue weighted by Crippen LogP contribution is 2.51. The number of fused-ring (bicyclic) bond motifs is 4. The first kappa shape index (κ1) is 37.7. The average Bonchev–Trinajstić information content (AvgIpc) is 3.62. The minimum atomic E-state index is -0.973. The molecule has 10 rings (SSSR count). The van der Waals surface area contributed by atoms with Crippen molar-refractivity contribution in [1.82, 2.24) is 29.6 Å². The second kappa shape index (κ2) is 14.9. The number of unbranched alkanes of at least 4 members (excludes halogenated alkanes) is 2. The van der Waals surface area contributed by atoms with Crippen LogP contribution in [0.5, 0.6) is 11.5 Å². The van der Waals surface area contributed by atoms with E-state index in [4.69, 9.17) is 9.47 Å². The van der Waals surface area contributed by atoms with E-state index in [-0.39, 0.29) is 30.1 Å². The highest BCUT2D eigenvalue weighted by molar-refractivity contribution is 6.23. The molecule has 1 spiro atoms. The van der Waals surface area contributed by atoms with Gasteiger partial charge >= 0.3 is 0 Å². The number of amides is 4. The van der Waals surface area contributed by atoms with Crippen LogP contribution in [0.2, 0.25) is 0 Å². The fourth-order valence-electron chi connectivity index (χ4n) is 10.3. The molecule has 2 aromatic heterocycles. The number of pyridine rings is 1. The predicted octanol–water partition coefficient (Wildman–Crippen LogP) is 6.35. The van der Waals surface area contributed by atoms with Crippen LogP contribution in [0.15, 0.2) is 79.1 Å². The van der Waals surface area contributed by atoms with Crippen molar-refractivity contribution < 1.29 is 28.7 Å². The minimum Gasteiger partial charge on any atom is -0.494 e. The smallest absolute Gasteiger partial charge is 0.262 e. The van der Waals surface area contributed by atoms with Crippen LogP contribution in [0.3, 0.4) is 0 Å². The molecule has 4 amide bonds. The number of aryl methyl sites for hydroxylation is 1. The van der Waals surface area contributed by atoms with Gasteiger partial charge in [0.25, 0.3) is 11.8 Å². The van der Waals surface area contributed by atoms with Crippen molar-refractivity contribution >= 4 is 45.4 Å². The fraction of sp³-hybridized carbons (Fsp3) is 0.426. The Kier molecular flexibility index (Phi) is 9.51. The minimum absolute atomic E-state index is 0.0940. The molecule has 1 atom stereocenters. The third kappa shape index (κ3) is 6.85. The second-order valence-electron chi connectivity index (χ2n) is 17.6. The van der Waals surface area contributed by atoms with Gasteiger partial charge in [-0.3, -0.25) is 34.4 Å². The number of likely N-dealkylation sites (tertiary alicyclic amines) is 1. The van der Waals surface area contributed by atoms with Crippen LogP contribution in [-0.2, 0) is 16.6 Å². The summed E-state index contributed by atoms with van der Waals surface area (Å²) in [6, 6.07) is 22.5. The Morgan fingerprint density at radius 1 is 0.814 bits per heavy atom. The quantitative estimate of drug-likeness (QED) is 0.107. The second-order valence-corrected chi connectivity index (χ2v) is 17.6. The van der Waals surface area contributed by atoms with Crippen LogP contribution < -0.4 is 14.8 Å². The number of aromatic nitrogens is 2. The van der Waals surface area contributed by atoms with Crippen molar-refractivity contribution in [3.8, 4) is 22.6 Å². The number of nitrogens with one attached hydrogen (secondary N) is 1. The van der Waals surface area contributed by atoms with E-state index in [2.05, 4.69) is 87.3 Å². The molecule has 12 heteroatoms. The molecule has 2 saturated heterocycles. The third-order valence-electron chi connectivity index (χ3n) is 13.8. The van der Waals surface area contributed by atoms with Crippen LogP contribution in [0, 0.1) is 5.41 Å². The van der Waals surface area contributed by atoms with E-state index in [1.165, 1.54) is 58.9 Å². The molecule has 0 radical (unpaired) electrons. The maximum atomic E-state index is 13.1. The Morgan fingerprint density at radius 2 is 1.58 bits per heavy atom. The van der Waals surface area contributed by atoms with Gasteiger partial charge in [-0.15, -0.1) is 0 Å². The summed E-state index contributed by atoms with van der Waals surface area (Å²) >= 11 is 0. The SMILES string of the molecule is CN(C1CC(Oc2ccc(-c3ccc4c5cnccc5n(C)c4c3)cc2)C1)C1CC2(C1)CN(CCCCCOc1ccc3c(c1)C(=O)N(C1CCC(=O)NC1=O)C3=O)C2. The number of carbonyl (C=O) groups excluding carboxylic acids is 4. The third-order valence-corrected chi connectivity index (χ3v) is 13.8. The molecule has 3 aromatic carbocycles. The summed E-state index contributed by atoms with van der Waals surface area (Å²) in [5.74, 6) is -0.558. The van der Waals surface area contributed by atoms with E-state index >= 15 is 0 Å². The monoisotopic (exact) mass is 794 g/mol. The molecule has 1 unspecified atom stereocenters. The normalized spacial score (nSPS) is 22.8. The Balaban J connectivity index is 0.608. The molecule has 0 bridgehead atoms. The van der Waals surface area contributed by atoms with Gasteiger partial charge in [-0.25, -0.2) is 0 Å². The van der Waals surface area contributed by atoms with Gasteiger partial charge < -0.3 is 23.8 Å². The van der Waals surface area contributed by atoms with Crippen molar-refractivity contribution in [3.05, 3.63) is 90.3 Å². The number of piperidine rings is 1. The molecule has 5 aromatic rings. The van der Waals surface area contributed by atoms with E-state index < -0.39 is 29.7 Å². The van der Waals surface area contributed by atoms with Crippen molar-refractivity contribution in [3.63, 3.8) is 0 Å². The summed E-state index contributed by atoms with van der Waals surface area (Å²) < 4.78 is 14.6. The maximum absolute atomic E-state index is 13.1. The van der Waals surface area contributed by atoms with Gasteiger partial charge in [-0.2, -0.15) is 0 Å². The topological polar surface area (TPSA) is 126 Å². The number of hydrogen-bond acceptors (Lipinski definition) is 9. The summed E-state index contributed by atoms with van der Waals surface area (Å²) in [5, 5.41) is 4.63. The van der Waals surface area contributed by atoms with E-state index in [0.717, 1.165) is 49.3 Å². The summed E-state index contributed by atoms with van der Waals surface area (Å²) in [5.41, 5.74) is 5.78. The molecule has 5 heterocycles. The zero-order chi connectivity index (χ0) is 40.4. The lowest BCUT2D eigenvalue weighted by Crippen LogP contribution is -2.67. The van der Waals surface area contributed by atoms with Gasteiger partial charge in [-0.1, -0.05) is 24.3 Å². The zero-order valence-electron chi connectivity index (χ0n) is 33.7. The van der Waals surface area contributed by atoms with E-state index in [0.29, 0.717) is 29.9 Å². The van der Waals surface area contributed by atoms with Crippen molar-refractivity contribution in [2.45, 2.75) is 82.0 Å². The van der Waals surface area contributed by atoms with Crippen LogP contribution in [0.4, 0.5) is 0 Å². The zero-order valence-corrected chi connectivity index (χ0v) is 33.7. The van der Waals surface area contributed by atoms with Gasteiger partial charge in [0, 0.05) is 80.2 Å². The average molecular weight is 795 g/mol. The number of rotatable bonds is 13.